The number of aromatic nitrogens is 3. The molecule has 1 aliphatic rings. The summed E-state index contributed by atoms with van der Waals surface area (Å²) in [7, 11) is 0. The third-order valence-electron chi connectivity index (χ3n) is 5.36. The molecule has 0 atom stereocenters. The van der Waals surface area contributed by atoms with Crippen LogP contribution in [0.2, 0.25) is 5.02 Å². The number of aromatic carboxylic acids is 1. The van der Waals surface area contributed by atoms with Gasteiger partial charge in [0.1, 0.15) is 0 Å². The second-order valence-electron chi connectivity index (χ2n) is 7.45. The standard InChI is InChI=1S/C24H17ClFN5O2/c25-16-5-8-18-20(12-16)31(22-19(26)2-1-10-27-22)11-9-15-13-28-24(30-21(15)18)29-17-6-3-14(4-7-17)23(32)33/h1-8,10,12-13H,9,11H2,(H,32,33)(H,28,29,30). The van der Waals surface area contributed by atoms with Crippen molar-refractivity contribution >= 4 is 40.7 Å². The highest BCUT2D eigenvalue weighted by atomic mass is 35.5. The number of nitrogens with zero attached hydrogens (tertiary/aromatic N) is 4. The average molecular weight is 462 g/mol. The maximum Gasteiger partial charge on any atom is 0.335 e. The largest absolute Gasteiger partial charge is 0.478 e. The Morgan fingerprint density at radius 3 is 2.70 bits per heavy atom. The number of carbonyl (C=O) groups is 1. The third kappa shape index (κ3) is 4.08. The molecule has 0 saturated heterocycles. The van der Waals surface area contributed by atoms with Gasteiger partial charge in [0.05, 0.1) is 16.9 Å². The van der Waals surface area contributed by atoms with Crippen LogP contribution in [0, 0.1) is 5.82 Å². The molecule has 1 aliphatic heterocycles. The summed E-state index contributed by atoms with van der Waals surface area (Å²) in [6.45, 7) is 0.473. The monoisotopic (exact) mass is 461 g/mol. The molecule has 3 heterocycles. The Morgan fingerprint density at radius 1 is 1.12 bits per heavy atom. The van der Waals surface area contributed by atoms with Crippen molar-refractivity contribution in [2.45, 2.75) is 6.42 Å². The molecule has 33 heavy (non-hydrogen) atoms. The zero-order valence-electron chi connectivity index (χ0n) is 17.2. The maximum absolute atomic E-state index is 14.6. The van der Waals surface area contributed by atoms with Gasteiger partial charge in [-0.15, -0.1) is 0 Å². The van der Waals surface area contributed by atoms with Gasteiger partial charge in [-0.05, 0) is 66.6 Å². The summed E-state index contributed by atoms with van der Waals surface area (Å²) in [6.07, 6.45) is 3.87. The summed E-state index contributed by atoms with van der Waals surface area (Å²) in [5.74, 6) is -0.839. The first-order valence-corrected chi connectivity index (χ1v) is 10.5. The van der Waals surface area contributed by atoms with Gasteiger partial charge in [0.25, 0.3) is 0 Å². The van der Waals surface area contributed by atoms with Crippen LogP contribution in [0.15, 0.2) is 67.0 Å². The Hall–Kier alpha value is -4.04. The number of halogens is 2. The second kappa shape index (κ2) is 8.48. The minimum absolute atomic E-state index is 0.191. The van der Waals surface area contributed by atoms with Crippen LogP contribution < -0.4 is 10.2 Å². The Morgan fingerprint density at radius 2 is 1.94 bits per heavy atom. The van der Waals surface area contributed by atoms with E-state index in [1.165, 1.54) is 18.2 Å². The van der Waals surface area contributed by atoms with E-state index < -0.39 is 11.8 Å². The van der Waals surface area contributed by atoms with Crippen LogP contribution in [0.25, 0.3) is 11.3 Å². The van der Waals surface area contributed by atoms with E-state index in [1.807, 2.05) is 6.07 Å². The Labute approximate surface area is 193 Å². The van der Waals surface area contributed by atoms with Crippen LogP contribution in [0.4, 0.5) is 27.5 Å². The van der Waals surface area contributed by atoms with Gasteiger partial charge in [0.2, 0.25) is 5.95 Å². The molecule has 0 saturated carbocycles. The highest BCUT2D eigenvalue weighted by molar-refractivity contribution is 6.31. The van der Waals surface area contributed by atoms with E-state index in [0.29, 0.717) is 41.0 Å². The van der Waals surface area contributed by atoms with Crippen LogP contribution >= 0.6 is 11.6 Å². The number of fused-ring (bicyclic) bond motifs is 3. The molecule has 0 spiro atoms. The van der Waals surface area contributed by atoms with Crippen molar-refractivity contribution in [3.8, 4) is 11.3 Å². The van der Waals surface area contributed by atoms with Gasteiger partial charge in [-0.1, -0.05) is 11.6 Å². The fraction of sp³-hybridized carbons (Fsp3) is 0.0833. The SMILES string of the molecule is O=C(O)c1ccc(Nc2ncc3c(n2)-c2ccc(Cl)cc2N(c2ncccc2F)CC3)cc1. The smallest absolute Gasteiger partial charge is 0.335 e. The average Bonchev–Trinajstić information content (AvgIpc) is 2.96. The second-order valence-corrected chi connectivity index (χ2v) is 7.88. The first-order chi connectivity index (χ1) is 16.0. The number of nitrogens with one attached hydrogen (secondary N) is 1. The first kappa shape index (κ1) is 20.8. The molecule has 0 fully saturated rings. The minimum Gasteiger partial charge on any atom is -0.478 e. The van der Waals surface area contributed by atoms with E-state index in [4.69, 9.17) is 21.7 Å². The van der Waals surface area contributed by atoms with Gasteiger partial charge >= 0.3 is 5.97 Å². The van der Waals surface area contributed by atoms with Crippen molar-refractivity contribution in [3.05, 3.63) is 89.0 Å². The van der Waals surface area contributed by atoms with Crippen molar-refractivity contribution in [3.63, 3.8) is 0 Å². The predicted molar refractivity (Wildman–Crippen MR) is 124 cm³/mol. The number of benzene rings is 2. The van der Waals surface area contributed by atoms with Gasteiger partial charge in [0.15, 0.2) is 11.6 Å². The Balaban J connectivity index is 1.56. The third-order valence-corrected chi connectivity index (χ3v) is 5.59. The quantitative estimate of drug-likeness (QED) is 0.416. The van der Waals surface area contributed by atoms with Crippen molar-refractivity contribution in [2.24, 2.45) is 0 Å². The van der Waals surface area contributed by atoms with E-state index in [-0.39, 0.29) is 11.4 Å². The molecule has 164 valence electrons. The molecule has 2 aromatic carbocycles. The molecular weight excluding hydrogens is 445 g/mol. The van der Waals surface area contributed by atoms with E-state index in [9.17, 15) is 9.18 Å². The molecule has 0 aliphatic carbocycles. The summed E-state index contributed by atoms with van der Waals surface area (Å²) >= 11 is 6.30. The fourth-order valence-corrected chi connectivity index (χ4v) is 3.95. The number of rotatable bonds is 4. The lowest BCUT2D eigenvalue weighted by Gasteiger charge is -2.24. The highest BCUT2D eigenvalue weighted by Gasteiger charge is 2.25. The summed E-state index contributed by atoms with van der Waals surface area (Å²) in [6, 6.07) is 14.6. The van der Waals surface area contributed by atoms with E-state index in [2.05, 4.69) is 15.3 Å². The van der Waals surface area contributed by atoms with Crippen LogP contribution in [0.3, 0.4) is 0 Å². The van der Waals surface area contributed by atoms with Crippen molar-refractivity contribution in [1.29, 1.82) is 0 Å². The number of hydrogen-bond acceptors (Lipinski definition) is 6. The summed E-state index contributed by atoms with van der Waals surface area (Å²) in [4.78, 5) is 26.3. The Kier molecular flexibility index (Phi) is 5.35. The molecule has 5 rings (SSSR count). The Bertz CT molecular complexity index is 1360. The van der Waals surface area contributed by atoms with Gasteiger partial charge in [0, 0.05) is 35.2 Å². The summed E-state index contributed by atoms with van der Waals surface area (Å²) in [5, 5.41) is 12.7. The number of carboxylic acids is 1. The number of carboxylic acid groups (broad SMARTS) is 1. The maximum atomic E-state index is 14.6. The van der Waals surface area contributed by atoms with E-state index >= 15 is 0 Å². The van der Waals surface area contributed by atoms with Gasteiger partial charge < -0.3 is 15.3 Å². The molecule has 7 nitrogen and oxygen atoms in total. The minimum atomic E-state index is -0.994. The predicted octanol–water partition coefficient (Wildman–Crippen LogP) is 5.47. The van der Waals surface area contributed by atoms with Gasteiger partial charge in [-0.25, -0.2) is 24.1 Å². The van der Waals surface area contributed by atoms with Crippen LogP contribution in [0.5, 0.6) is 0 Å². The summed E-state index contributed by atoms with van der Waals surface area (Å²) < 4.78 is 14.6. The number of hydrogen-bond donors (Lipinski definition) is 2. The van der Waals surface area contributed by atoms with Gasteiger partial charge in [-0.3, -0.25) is 0 Å². The zero-order valence-corrected chi connectivity index (χ0v) is 17.9. The van der Waals surface area contributed by atoms with Gasteiger partial charge in [-0.2, -0.15) is 0 Å². The molecule has 0 bridgehead atoms. The first-order valence-electron chi connectivity index (χ1n) is 10.1. The summed E-state index contributed by atoms with van der Waals surface area (Å²) in [5.41, 5.74) is 3.94. The molecule has 0 unspecified atom stereocenters. The molecule has 4 aromatic rings. The molecular formula is C24H17ClFN5O2. The lowest BCUT2D eigenvalue weighted by atomic mass is 10.1. The highest BCUT2D eigenvalue weighted by Crippen LogP contribution is 2.40. The number of pyridine rings is 1. The van der Waals surface area contributed by atoms with Crippen LogP contribution in [-0.2, 0) is 6.42 Å². The van der Waals surface area contributed by atoms with Crippen LogP contribution in [-0.4, -0.2) is 32.6 Å². The van der Waals surface area contributed by atoms with E-state index in [1.54, 1.807) is 47.6 Å². The van der Waals surface area contributed by atoms with Crippen molar-refractivity contribution in [2.75, 3.05) is 16.8 Å². The van der Waals surface area contributed by atoms with Crippen LogP contribution in [0.1, 0.15) is 15.9 Å². The molecule has 2 aromatic heterocycles. The lowest BCUT2D eigenvalue weighted by molar-refractivity contribution is 0.0697. The topological polar surface area (TPSA) is 91.2 Å². The number of anilines is 4. The molecule has 9 heteroatoms. The normalized spacial score (nSPS) is 12.5. The van der Waals surface area contributed by atoms with E-state index in [0.717, 1.165) is 11.1 Å². The zero-order chi connectivity index (χ0) is 22.9. The molecule has 0 radical (unpaired) electrons. The van der Waals surface area contributed by atoms with Crippen molar-refractivity contribution in [1.82, 2.24) is 15.0 Å². The van der Waals surface area contributed by atoms with Crippen molar-refractivity contribution < 1.29 is 14.3 Å². The lowest BCUT2D eigenvalue weighted by Crippen LogP contribution is -2.21. The molecule has 0 amide bonds. The fourth-order valence-electron chi connectivity index (χ4n) is 3.79. The molecule has 2 N–H and O–H groups in total.